The molecule has 9 aromatic rings. The SMILES string of the molecule is c1ccc(-c2ccc(-c3nc(-c4ccccc4)nc(-c4cccc(-c5nc6ccncc6c6c5sc5ccccc56)c4)n3)cc2)cc1. The van der Waals surface area contributed by atoms with Gasteiger partial charge in [-0.3, -0.25) is 4.98 Å². The van der Waals surface area contributed by atoms with Crippen LogP contribution < -0.4 is 0 Å². The zero-order chi connectivity index (χ0) is 31.2. The van der Waals surface area contributed by atoms with Crippen molar-refractivity contribution in [3.8, 4) is 56.5 Å². The lowest BCUT2D eigenvalue weighted by Gasteiger charge is -2.11. The minimum atomic E-state index is 0.611. The van der Waals surface area contributed by atoms with Crippen LogP contribution in [0.15, 0.2) is 152 Å². The topological polar surface area (TPSA) is 64.5 Å². The summed E-state index contributed by atoms with van der Waals surface area (Å²) in [5.74, 6) is 1.87. The molecule has 0 aliphatic carbocycles. The van der Waals surface area contributed by atoms with E-state index in [9.17, 15) is 0 Å². The number of benzene rings is 5. The van der Waals surface area contributed by atoms with E-state index < -0.39 is 0 Å². The Morgan fingerprint density at radius 2 is 1.00 bits per heavy atom. The quantitative estimate of drug-likeness (QED) is 0.192. The van der Waals surface area contributed by atoms with E-state index in [1.807, 2.05) is 48.7 Å². The Morgan fingerprint density at radius 3 is 1.77 bits per heavy atom. The standard InChI is InChI=1S/C41H25N5S/c1-3-10-26(11-4-1)27-18-20-29(21-19-27)40-44-39(28-12-5-2-6-13-28)45-41(46-40)31-15-9-14-30(24-31)37-38-36(32-16-7-8-17-35(32)47-38)33-25-42-23-22-34(33)43-37/h1-25H. The van der Waals surface area contributed by atoms with Crippen molar-refractivity contribution in [2.24, 2.45) is 0 Å². The molecular formula is C41H25N5S. The Kier molecular flexibility index (Phi) is 6.58. The van der Waals surface area contributed by atoms with E-state index >= 15 is 0 Å². The number of rotatable bonds is 5. The minimum absolute atomic E-state index is 0.611. The van der Waals surface area contributed by atoms with E-state index in [0.29, 0.717) is 17.5 Å². The van der Waals surface area contributed by atoms with Crippen molar-refractivity contribution in [3.63, 3.8) is 0 Å². The minimum Gasteiger partial charge on any atom is -0.264 e. The zero-order valence-electron chi connectivity index (χ0n) is 25.1. The van der Waals surface area contributed by atoms with Crippen molar-refractivity contribution in [1.82, 2.24) is 24.9 Å². The molecule has 0 unspecified atom stereocenters. The van der Waals surface area contributed by atoms with Crippen molar-refractivity contribution in [1.29, 1.82) is 0 Å². The van der Waals surface area contributed by atoms with Crippen LogP contribution in [0.5, 0.6) is 0 Å². The van der Waals surface area contributed by atoms with Crippen molar-refractivity contribution in [2.75, 3.05) is 0 Å². The van der Waals surface area contributed by atoms with Crippen LogP contribution in [0.1, 0.15) is 0 Å². The molecule has 0 radical (unpaired) electrons. The normalized spacial score (nSPS) is 11.4. The highest BCUT2D eigenvalue weighted by Crippen LogP contribution is 2.43. The van der Waals surface area contributed by atoms with Gasteiger partial charge in [0.15, 0.2) is 17.5 Å². The summed E-state index contributed by atoms with van der Waals surface area (Å²) in [6.45, 7) is 0. The van der Waals surface area contributed by atoms with Gasteiger partial charge < -0.3 is 0 Å². The van der Waals surface area contributed by atoms with E-state index in [-0.39, 0.29) is 0 Å². The summed E-state index contributed by atoms with van der Waals surface area (Å²) >= 11 is 1.77. The van der Waals surface area contributed by atoms with Crippen LogP contribution in [0.2, 0.25) is 0 Å². The first kappa shape index (κ1) is 27.2. The molecular weight excluding hydrogens is 595 g/mol. The first-order chi connectivity index (χ1) is 23.3. The molecule has 220 valence electrons. The fourth-order valence-electron chi connectivity index (χ4n) is 6.12. The van der Waals surface area contributed by atoms with E-state index in [2.05, 4.69) is 102 Å². The maximum atomic E-state index is 5.18. The van der Waals surface area contributed by atoms with Gasteiger partial charge >= 0.3 is 0 Å². The second-order valence-electron chi connectivity index (χ2n) is 11.4. The third-order valence-corrected chi connectivity index (χ3v) is 9.60. The van der Waals surface area contributed by atoms with Gasteiger partial charge in [-0.15, -0.1) is 11.3 Å². The average Bonchev–Trinajstić information content (AvgIpc) is 3.55. The molecule has 4 aromatic heterocycles. The van der Waals surface area contributed by atoms with Crippen molar-refractivity contribution < 1.29 is 0 Å². The summed E-state index contributed by atoms with van der Waals surface area (Å²) in [7, 11) is 0. The van der Waals surface area contributed by atoms with Crippen LogP contribution in [-0.2, 0) is 0 Å². The molecule has 0 aliphatic rings. The highest BCUT2D eigenvalue weighted by molar-refractivity contribution is 7.26. The summed E-state index contributed by atoms with van der Waals surface area (Å²) in [4.78, 5) is 24.6. The molecule has 47 heavy (non-hydrogen) atoms. The number of nitrogens with zero attached hydrogens (tertiary/aromatic N) is 5. The largest absolute Gasteiger partial charge is 0.264 e. The second kappa shape index (κ2) is 11.4. The second-order valence-corrected chi connectivity index (χ2v) is 12.4. The molecule has 4 heterocycles. The summed E-state index contributed by atoms with van der Waals surface area (Å²) in [5.41, 5.74) is 7.95. The van der Waals surface area contributed by atoms with E-state index in [0.717, 1.165) is 49.1 Å². The summed E-state index contributed by atoms with van der Waals surface area (Å²) in [6, 6.07) is 47.7. The number of pyridine rings is 2. The highest BCUT2D eigenvalue weighted by atomic mass is 32.1. The van der Waals surface area contributed by atoms with Gasteiger partial charge in [0, 0.05) is 55.5 Å². The zero-order valence-corrected chi connectivity index (χ0v) is 25.9. The van der Waals surface area contributed by atoms with Crippen LogP contribution in [0.25, 0.3) is 87.6 Å². The molecule has 0 atom stereocenters. The van der Waals surface area contributed by atoms with Crippen LogP contribution in [-0.4, -0.2) is 24.9 Å². The Labute approximate surface area is 275 Å². The summed E-state index contributed by atoms with van der Waals surface area (Å²) < 4.78 is 2.37. The highest BCUT2D eigenvalue weighted by Gasteiger charge is 2.18. The average molecular weight is 620 g/mol. The molecule has 9 rings (SSSR count). The number of hydrogen-bond donors (Lipinski definition) is 0. The number of fused-ring (bicyclic) bond motifs is 5. The molecule has 0 fully saturated rings. The Morgan fingerprint density at radius 1 is 0.426 bits per heavy atom. The monoisotopic (exact) mass is 619 g/mol. The van der Waals surface area contributed by atoms with Gasteiger partial charge in [-0.05, 0) is 29.3 Å². The molecule has 5 nitrogen and oxygen atoms in total. The predicted octanol–water partition coefficient (Wildman–Crippen LogP) is 10.5. The number of hydrogen-bond acceptors (Lipinski definition) is 6. The van der Waals surface area contributed by atoms with Crippen LogP contribution in [0.4, 0.5) is 0 Å². The van der Waals surface area contributed by atoms with E-state index in [4.69, 9.17) is 19.9 Å². The van der Waals surface area contributed by atoms with Gasteiger partial charge in [0.25, 0.3) is 0 Å². The fourth-order valence-corrected chi connectivity index (χ4v) is 7.35. The van der Waals surface area contributed by atoms with Crippen LogP contribution in [0.3, 0.4) is 0 Å². The van der Waals surface area contributed by atoms with Crippen molar-refractivity contribution >= 4 is 42.4 Å². The molecule has 0 saturated carbocycles. The lowest BCUT2D eigenvalue weighted by Crippen LogP contribution is -2.00. The summed E-state index contributed by atoms with van der Waals surface area (Å²) in [5, 5.41) is 3.47. The van der Waals surface area contributed by atoms with Crippen molar-refractivity contribution in [3.05, 3.63) is 152 Å². The molecule has 0 amide bonds. The van der Waals surface area contributed by atoms with Gasteiger partial charge in [-0.1, -0.05) is 121 Å². The molecule has 0 aliphatic heterocycles. The molecule has 5 aromatic carbocycles. The summed E-state index contributed by atoms with van der Waals surface area (Å²) in [6.07, 6.45) is 3.73. The Balaban J connectivity index is 1.20. The maximum absolute atomic E-state index is 5.18. The third-order valence-electron chi connectivity index (χ3n) is 8.42. The van der Waals surface area contributed by atoms with Gasteiger partial charge in [-0.25, -0.2) is 19.9 Å². The number of thiophene rings is 1. The first-order valence-electron chi connectivity index (χ1n) is 15.4. The first-order valence-corrected chi connectivity index (χ1v) is 16.2. The molecule has 0 saturated heterocycles. The molecule has 0 spiro atoms. The third kappa shape index (κ3) is 4.92. The molecule has 0 N–H and O–H groups in total. The molecule has 0 bridgehead atoms. The fraction of sp³-hybridized carbons (Fsp3) is 0. The lowest BCUT2D eigenvalue weighted by atomic mass is 10.0. The Hall–Kier alpha value is -6.11. The van der Waals surface area contributed by atoms with Gasteiger partial charge in [0.1, 0.15) is 0 Å². The van der Waals surface area contributed by atoms with Crippen LogP contribution in [0, 0.1) is 0 Å². The Bertz CT molecular complexity index is 2560. The van der Waals surface area contributed by atoms with Gasteiger partial charge in [0.05, 0.1) is 15.9 Å². The maximum Gasteiger partial charge on any atom is 0.164 e. The number of aromatic nitrogens is 5. The lowest BCUT2D eigenvalue weighted by molar-refractivity contribution is 1.07. The van der Waals surface area contributed by atoms with E-state index in [1.165, 1.54) is 21.0 Å². The smallest absolute Gasteiger partial charge is 0.164 e. The van der Waals surface area contributed by atoms with E-state index in [1.54, 1.807) is 17.5 Å². The van der Waals surface area contributed by atoms with Gasteiger partial charge in [-0.2, -0.15) is 0 Å². The molecule has 6 heteroatoms. The van der Waals surface area contributed by atoms with Crippen molar-refractivity contribution in [2.45, 2.75) is 0 Å². The predicted molar refractivity (Wildman–Crippen MR) is 193 cm³/mol. The van der Waals surface area contributed by atoms with Crippen LogP contribution >= 0.6 is 11.3 Å². The van der Waals surface area contributed by atoms with Gasteiger partial charge in [0.2, 0.25) is 0 Å².